The quantitative estimate of drug-likeness (QED) is 0.761. The lowest BCUT2D eigenvalue weighted by Gasteiger charge is -2.05. The highest BCUT2D eigenvalue weighted by atomic mass is 32.2. The fourth-order valence-corrected chi connectivity index (χ4v) is 2.65. The summed E-state index contributed by atoms with van der Waals surface area (Å²) in [5.74, 6) is 2.95. The van der Waals surface area contributed by atoms with Gasteiger partial charge in [0.2, 0.25) is 0 Å². The summed E-state index contributed by atoms with van der Waals surface area (Å²) in [5, 5.41) is 5.03. The first-order valence-corrected chi connectivity index (χ1v) is 8.35. The van der Waals surface area contributed by atoms with E-state index in [1.54, 1.807) is 0 Å². The van der Waals surface area contributed by atoms with Crippen molar-refractivity contribution in [2.75, 3.05) is 11.5 Å². The zero-order chi connectivity index (χ0) is 12.9. The van der Waals surface area contributed by atoms with E-state index in [1.807, 2.05) is 23.3 Å². The third kappa shape index (κ3) is 4.33. The lowest BCUT2D eigenvalue weighted by atomic mass is 10.4. The summed E-state index contributed by atoms with van der Waals surface area (Å²) in [5.41, 5.74) is 0. The van der Waals surface area contributed by atoms with E-state index in [2.05, 4.69) is 11.9 Å². The zero-order valence-electron chi connectivity index (χ0n) is 10.2. The van der Waals surface area contributed by atoms with Crippen molar-refractivity contribution in [3.05, 3.63) is 12.0 Å². The Kier molecular flexibility index (Phi) is 5.48. The van der Waals surface area contributed by atoms with Gasteiger partial charge < -0.3 is 4.57 Å². The van der Waals surface area contributed by atoms with Crippen LogP contribution in [0.1, 0.15) is 26.1 Å². The molecule has 0 amide bonds. The van der Waals surface area contributed by atoms with Crippen LogP contribution < -0.4 is 5.14 Å². The van der Waals surface area contributed by atoms with Gasteiger partial charge in [-0.1, -0.05) is 13.8 Å². The average molecular weight is 277 g/mol. The topological polar surface area (TPSA) is 78.0 Å². The van der Waals surface area contributed by atoms with Gasteiger partial charge in [-0.3, -0.25) is 0 Å². The first-order valence-electron chi connectivity index (χ1n) is 5.65. The van der Waals surface area contributed by atoms with E-state index in [0.717, 1.165) is 30.3 Å². The number of thioether (sulfide) groups is 1. The molecule has 1 aromatic heterocycles. The minimum Gasteiger partial charge on any atom is -0.333 e. The molecule has 17 heavy (non-hydrogen) atoms. The molecule has 0 aromatic carbocycles. The molecule has 0 fully saturated rings. The van der Waals surface area contributed by atoms with E-state index < -0.39 is 10.0 Å². The van der Waals surface area contributed by atoms with Gasteiger partial charge in [0.15, 0.2) is 5.03 Å². The molecule has 0 spiro atoms. The van der Waals surface area contributed by atoms with Crippen molar-refractivity contribution in [2.24, 2.45) is 5.14 Å². The summed E-state index contributed by atoms with van der Waals surface area (Å²) >= 11 is 1.88. The van der Waals surface area contributed by atoms with E-state index in [1.165, 1.54) is 6.20 Å². The molecule has 0 aliphatic rings. The number of rotatable bonds is 7. The van der Waals surface area contributed by atoms with Crippen LogP contribution in [0.3, 0.4) is 0 Å². The third-order valence-electron chi connectivity index (χ3n) is 2.34. The Morgan fingerprint density at radius 2 is 2.18 bits per heavy atom. The molecular formula is C10H19N3O2S2. The van der Waals surface area contributed by atoms with Crippen LogP contribution >= 0.6 is 11.8 Å². The van der Waals surface area contributed by atoms with Crippen LogP contribution in [0.15, 0.2) is 11.2 Å². The highest BCUT2D eigenvalue weighted by Gasteiger charge is 2.14. The molecule has 5 nitrogen and oxygen atoms in total. The Balaban J connectivity index is 2.74. The van der Waals surface area contributed by atoms with Crippen LogP contribution in [0, 0.1) is 0 Å². The van der Waals surface area contributed by atoms with Crippen LogP contribution in [-0.2, 0) is 23.0 Å². The molecule has 1 aromatic rings. The molecule has 0 saturated carbocycles. The van der Waals surface area contributed by atoms with Crippen LogP contribution in [-0.4, -0.2) is 29.5 Å². The Hall–Kier alpha value is -0.530. The third-order valence-corrected chi connectivity index (χ3v) is 4.10. The maximum atomic E-state index is 11.2. The molecule has 98 valence electrons. The highest BCUT2D eigenvalue weighted by Crippen LogP contribution is 2.11. The standard InChI is InChI=1S/C10H19N3O2S2/c1-3-9-12-10(17(11,14)15)8-13(9)6-5-7-16-4-2/h8H,3-7H2,1-2H3,(H2,11,14,15). The molecule has 0 atom stereocenters. The van der Waals surface area contributed by atoms with Gasteiger partial charge in [0.05, 0.1) is 0 Å². The van der Waals surface area contributed by atoms with Gasteiger partial charge in [-0.25, -0.2) is 18.5 Å². The van der Waals surface area contributed by atoms with Gasteiger partial charge in [-0.15, -0.1) is 0 Å². The predicted octanol–water partition coefficient (Wildman–Crippen LogP) is 1.24. The molecule has 0 aliphatic heterocycles. The first-order chi connectivity index (χ1) is 7.99. The highest BCUT2D eigenvalue weighted by molar-refractivity contribution is 7.99. The fraction of sp³-hybridized carbons (Fsp3) is 0.700. The number of aryl methyl sites for hydroxylation is 2. The van der Waals surface area contributed by atoms with Crippen molar-refractivity contribution in [2.45, 2.75) is 38.3 Å². The molecular weight excluding hydrogens is 258 g/mol. The van der Waals surface area contributed by atoms with E-state index >= 15 is 0 Å². The number of nitrogens with zero attached hydrogens (tertiary/aromatic N) is 2. The second kappa shape index (κ2) is 6.42. The average Bonchev–Trinajstić information content (AvgIpc) is 2.67. The normalized spacial score (nSPS) is 11.9. The Morgan fingerprint density at radius 3 is 2.71 bits per heavy atom. The first kappa shape index (κ1) is 14.5. The van der Waals surface area contributed by atoms with Crippen molar-refractivity contribution in [1.29, 1.82) is 0 Å². The van der Waals surface area contributed by atoms with Gasteiger partial charge in [0.1, 0.15) is 5.82 Å². The second-order valence-electron chi connectivity index (χ2n) is 3.64. The summed E-state index contributed by atoms with van der Waals surface area (Å²) in [4.78, 5) is 4.04. The molecule has 1 rings (SSSR count). The number of aromatic nitrogens is 2. The summed E-state index contributed by atoms with van der Waals surface area (Å²) in [6.07, 6.45) is 3.24. The Labute approximate surface area is 107 Å². The van der Waals surface area contributed by atoms with Gasteiger partial charge in [-0.05, 0) is 17.9 Å². The van der Waals surface area contributed by atoms with Gasteiger partial charge in [-0.2, -0.15) is 11.8 Å². The lowest BCUT2D eigenvalue weighted by Crippen LogP contribution is -2.12. The summed E-state index contributed by atoms with van der Waals surface area (Å²) in [6.45, 7) is 4.86. The molecule has 0 bridgehead atoms. The SMILES string of the molecule is CCSCCCn1cc(S(N)(=O)=O)nc1CC. The molecule has 0 aliphatic carbocycles. The van der Waals surface area contributed by atoms with E-state index in [0.29, 0.717) is 6.42 Å². The van der Waals surface area contributed by atoms with Crippen LogP contribution in [0.5, 0.6) is 0 Å². The number of hydrogen-bond donors (Lipinski definition) is 1. The van der Waals surface area contributed by atoms with Crippen molar-refractivity contribution in [3.63, 3.8) is 0 Å². The molecule has 0 saturated heterocycles. The number of hydrogen-bond acceptors (Lipinski definition) is 4. The van der Waals surface area contributed by atoms with Crippen LogP contribution in [0.2, 0.25) is 0 Å². The van der Waals surface area contributed by atoms with Crippen molar-refractivity contribution in [1.82, 2.24) is 9.55 Å². The number of sulfonamides is 1. The number of nitrogens with two attached hydrogens (primary N) is 1. The molecule has 7 heteroatoms. The smallest absolute Gasteiger partial charge is 0.257 e. The Bertz CT molecular complexity index is 454. The largest absolute Gasteiger partial charge is 0.333 e. The maximum Gasteiger partial charge on any atom is 0.257 e. The van der Waals surface area contributed by atoms with Crippen molar-refractivity contribution in [3.8, 4) is 0 Å². The maximum absolute atomic E-state index is 11.2. The van der Waals surface area contributed by atoms with E-state index in [-0.39, 0.29) is 5.03 Å². The zero-order valence-corrected chi connectivity index (χ0v) is 11.9. The van der Waals surface area contributed by atoms with Gasteiger partial charge in [0, 0.05) is 19.2 Å². The van der Waals surface area contributed by atoms with Gasteiger partial charge in [0.25, 0.3) is 10.0 Å². The monoisotopic (exact) mass is 277 g/mol. The van der Waals surface area contributed by atoms with Crippen LogP contribution in [0.4, 0.5) is 0 Å². The van der Waals surface area contributed by atoms with Crippen molar-refractivity contribution >= 4 is 21.8 Å². The van der Waals surface area contributed by atoms with Crippen molar-refractivity contribution < 1.29 is 8.42 Å². The molecule has 0 radical (unpaired) electrons. The minimum atomic E-state index is -3.69. The molecule has 1 heterocycles. The Morgan fingerprint density at radius 1 is 1.47 bits per heavy atom. The summed E-state index contributed by atoms with van der Waals surface area (Å²) in [7, 11) is -3.69. The number of imidazole rings is 1. The summed E-state index contributed by atoms with van der Waals surface area (Å²) < 4.78 is 24.3. The van der Waals surface area contributed by atoms with E-state index in [9.17, 15) is 8.42 Å². The van der Waals surface area contributed by atoms with E-state index in [4.69, 9.17) is 5.14 Å². The predicted molar refractivity (Wildman–Crippen MR) is 70.6 cm³/mol. The minimum absolute atomic E-state index is 0.0301. The molecule has 2 N–H and O–H groups in total. The fourth-order valence-electron chi connectivity index (χ4n) is 1.52. The van der Waals surface area contributed by atoms with Gasteiger partial charge >= 0.3 is 0 Å². The second-order valence-corrected chi connectivity index (χ2v) is 6.54. The van der Waals surface area contributed by atoms with Crippen LogP contribution in [0.25, 0.3) is 0 Å². The summed E-state index contributed by atoms with van der Waals surface area (Å²) in [6, 6.07) is 0. The molecule has 0 unspecified atom stereocenters. The number of primary sulfonamides is 1. The lowest BCUT2D eigenvalue weighted by molar-refractivity contribution is 0.594.